The van der Waals surface area contributed by atoms with Crippen molar-refractivity contribution in [3.8, 4) is 0 Å². The van der Waals surface area contributed by atoms with Crippen molar-refractivity contribution < 1.29 is 4.74 Å². The van der Waals surface area contributed by atoms with Gasteiger partial charge in [0.1, 0.15) is 0 Å². The van der Waals surface area contributed by atoms with Crippen LogP contribution in [0.2, 0.25) is 0 Å². The first-order valence-corrected chi connectivity index (χ1v) is 8.06. The summed E-state index contributed by atoms with van der Waals surface area (Å²) in [6.07, 6.45) is 5.37. The average molecular weight is 272 g/mol. The molecule has 0 spiro atoms. The number of hydrogen-bond donors (Lipinski definition) is 1. The van der Waals surface area contributed by atoms with Crippen molar-refractivity contribution in [3.05, 3.63) is 35.4 Å². The van der Waals surface area contributed by atoms with E-state index >= 15 is 0 Å². The first-order valence-electron chi connectivity index (χ1n) is 8.06. The van der Waals surface area contributed by atoms with Gasteiger partial charge in [-0.3, -0.25) is 4.90 Å². The lowest BCUT2D eigenvalue weighted by atomic mass is 9.97. The molecule has 3 nitrogen and oxygen atoms in total. The van der Waals surface area contributed by atoms with Crippen molar-refractivity contribution in [2.45, 2.75) is 43.9 Å². The van der Waals surface area contributed by atoms with Crippen molar-refractivity contribution >= 4 is 0 Å². The molecule has 3 unspecified atom stereocenters. The maximum atomic E-state index is 6.07. The van der Waals surface area contributed by atoms with Gasteiger partial charge in [-0.25, -0.2) is 0 Å². The Morgan fingerprint density at radius 1 is 1.15 bits per heavy atom. The summed E-state index contributed by atoms with van der Waals surface area (Å²) in [5.41, 5.74) is 2.90. The van der Waals surface area contributed by atoms with E-state index in [1.54, 1.807) is 0 Å². The minimum atomic E-state index is 0.275. The third-order valence-corrected chi connectivity index (χ3v) is 5.12. The largest absolute Gasteiger partial charge is 0.372 e. The fourth-order valence-electron chi connectivity index (χ4n) is 4.04. The molecule has 0 aliphatic carbocycles. The van der Waals surface area contributed by atoms with Gasteiger partial charge in [-0.2, -0.15) is 0 Å². The molecule has 3 heteroatoms. The maximum Gasteiger partial charge on any atom is 0.0954 e. The normalized spacial score (nSPS) is 33.7. The SMILES string of the molecule is c1ccc2c(c1)CCOC2CN1CCC2CCC(C1)N2. The first-order chi connectivity index (χ1) is 9.88. The third-order valence-electron chi connectivity index (χ3n) is 5.12. The molecule has 0 saturated carbocycles. The Hall–Kier alpha value is -0.900. The molecule has 0 amide bonds. The van der Waals surface area contributed by atoms with Gasteiger partial charge in [0.2, 0.25) is 0 Å². The molecule has 1 aromatic carbocycles. The van der Waals surface area contributed by atoms with E-state index in [9.17, 15) is 0 Å². The summed E-state index contributed by atoms with van der Waals surface area (Å²) in [5, 5.41) is 3.76. The molecule has 2 saturated heterocycles. The number of likely N-dealkylation sites (tertiary alicyclic amines) is 1. The number of nitrogens with zero attached hydrogens (tertiary/aromatic N) is 1. The van der Waals surface area contributed by atoms with Crippen LogP contribution in [0.5, 0.6) is 0 Å². The van der Waals surface area contributed by atoms with Crippen LogP contribution in [-0.4, -0.2) is 43.2 Å². The predicted octanol–water partition coefficient (Wildman–Crippen LogP) is 2.13. The van der Waals surface area contributed by atoms with Crippen molar-refractivity contribution in [2.75, 3.05) is 26.2 Å². The highest BCUT2D eigenvalue weighted by molar-refractivity contribution is 5.31. The van der Waals surface area contributed by atoms with Gasteiger partial charge in [0, 0.05) is 25.2 Å². The second kappa shape index (κ2) is 5.47. The summed E-state index contributed by atoms with van der Waals surface area (Å²) < 4.78 is 6.07. The summed E-state index contributed by atoms with van der Waals surface area (Å²) in [6, 6.07) is 10.3. The molecule has 3 heterocycles. The van der Waals surface area contributed by atoms with Crippen LogP contribution < -0.4 is 5.32 Å². The molecule has 3 aliphatic rings. The molecular formula is C17H24N2O. The Morgan fingerprint density at radius 2 is 2.05 bits per heavy atom. The molecule has 2 bridgehead atoms. The molecular weight excluding hydrogens is 248 g/mol. The molecule has 1 N–H and O–H groups in total. The van der Waals surface area contributed by atoms with Crippen LogP contribution >= 0.6 is 0 Å². The zero-order chi connectivity index (χ0) is 13.4. The molecule has 108 valence electrons. The highest BCUT2D eigenvalue weighted by Crippen LogP contribution is 2.29. The Labute approximate surface area is 121 Å². The van der Waals surface area contributed by atoms with Crippen molar-refractivity contribution in [1.82, 2.24) is 10.2 Å². The monoisotopic (exact) mass is 272 g/mol. The Balaban J connectivity index is 1.47. The third kappa shape index (κ3) is 2.50. The van der Waals surface area contributed by atoms with E-state index in [-0.39, 0.29) is 6.10 Å². The molecule has 3 atom stereocenters. The van der Waals surface area contributed by atoms with Crippen molar-refractivity contribution in [3.63, 3.8) is 0 Å². The van der Waals surface area contributed by atoms with Crippen molar-refractivity contribution in [1.29, 1.82) is 0 Å². The number of rotatable bonds is 2. The van der Waals surface area contributed by atoms with Gasteiger partial charge in [-0.15, -0.1) is 0 Å². The minimum absolute atomic E-state index is 0.275. The summed E-state index contributed by atoms with van der Waals surface area (Å²) in [7, 11) is 0. The Morgan fingerprint density at radius 3 is 3.05 bits per heavy atom. The van der Waals surface area contributed by atoms with E-state index in [1.807, 2.05) is 0 Å². The Kier molecular flexibility index (Phi) is 3.51. The van der Waals surface area contributed by atoms with Crippen LogP contribution in [0, 0.1) is 0 Å². The van der Waals surface area contributed by atoms with E-state index < -0.39 is 0 Å². The summed E-state index contributed by atoms with van der Waals surface area (Å²) in [5.74, 6) is 0. The number of ether oxygens (including phenoxy) is 1. The van der Waals surface area contributed by atoms with Gasteiger partial charge in [-0.05, 0) is 43.4 Å². The fraction of sp³-hybridized carbons (Fsp3) is 0.647. The van der Waals surface area contributed by atoms with Crippen LogP contribution in [0.4, 0.5) is 0 Å². The van der Waals surface area contributed by atoms with Gasteiger partial charge < -0.3 is 10.1 Å². The second-order valence-electron chi connectivity index (χ2n) is 6.49. The number of fused-ring (bicyclic) bond motifs is 3. The zero-order valence-electron chi connectivity index (χ0n) is 12.1. The second-order valence-corrected chi connectivity index (χ2v) is 6.49. The summed E-state index contributed by atoms with van der Waals surface area (Å²) in [6.45, 7) is 4.34. The lowest BCUT2D eigenvalue weighted by Gasteiger charge is -2.32. The van der Waals surface area contributed by atoms with Crippen LogP contribution in [0.15, 0.2) is 24.3 Å². The van der Waals surface area contributed by atoms with Crippen LogP contribution in [-0.2, 0) is 11.2 Å². The average Bonchev–Trinajstić information content (AvgIpc) is 2.82. The van der Waals surface area contributed by atoms with Crippen LogP contribution in [0.25, 0.3) is 0 Å². The van der Waals surface area contributed by atoms with Gasteiger partial charge in [0.05, 0.1) is 12.7 Å². The molecule has 1 aromatic rings. The van der Waals surface area contributed by atoms with E-state index in [4.69, 9.17) is 4.74 Å². The predicted molar refractivity (Wildman–Crippen MR) is 79.8 cm³/mol. The molecule has 0 aromatic heterocycles. The highest BCUT2D eigenvalue weighted by Gasteiger charge is 2.31. The van der Waals surface area contributed by atoms with Gasteiger partial charge in [-0.1, -0.05) is 24.3 Å². The lowest BCUT2D eigenvalue weighted by molar-refractivity contribution is 0.0150. The summed E-state index contributed by atoms with van der Waals surface area (Å²) in [4.78, 5) is 2.61. The standard InChI is InChI=1S/C17H24N2O/c1-2-4-16-13(3-1)8-10-20-17(16)12-19-9-7-14-5-6-15(11-19)18-14/h1-4,14-15,17-18H,5-12H2. The molecule has 0 radical (unpaired) electrons. The highest BCUT2D eigenvalue weighted by atomic mass is 16.5. The van der Waals surface area contributed by atoms with E-state index in [0.717, 1.165) is 25.6 Å². The van der Waals surface area contributed by atoms with E-state index in [1.165, 1.54) is 43.5 Å². The minimum Gasteiger partial charge on any atom is -0.372 e. The lowest BCUT2D eigenvalue weighted by Crippen LogP contribution is -2.38. The molecule has 3 aliphatic heterocycles. The summed E-state index contributed by atoms with van der Waals surface area (Å²) >= 11 is 0. The Bertz CT molecular complexity index is 476. The maximum absolute atomic E-state index is 6.07. The molecule has 20 heavy (non-hydrogen) atoms. The zero-order valence-corrected chi connectivity index (χ0v) is 12.1. The number of hydrogen-bond acceptors (Lipinski definition) is 3. The number of nitrogens with one attached hydrogen (secondary N) is 1. The number of benzene rings is 1. The van der Waals surface area contributed by atoms with Gasteiger partial charge >= 0.3 is 0 Å². The van der Waals surface area contributed by atoms with Gasteiger partial charge in [0.25, 0.3) is 0 Å². The van der Waals surface area contributed by atoms with E-state index in [0.29, 0.717) is 6.04 Å². The van der Waals surface area contributed by atoms with Crippen LogP contribution in [0.1, 0.15) is 36.5 Å². The molecule has 4 rings (SSSR count). The quantitative estimate of drug-likeness (QED) is 0.892. The molecule has 2 fully saturated rings. The van der Waals surface area contributed by atoms with Gasteiger partial charge in [0.15, 0.2) is 0 Å². The fourth-order valence-corrected chi connectivity index (χ4v) is 4.04. The van der Waals surface area contributed by atoms with Crippen LogP contribution in [0.3, 0.4) is 0 Å². The smallest absolute Gasteiger partial charge is 0.0954 e. The first kappa shape index (κ1) is 12.8. The van der Waals surface area contributed by atoms with E-state index in [2.05, 4.69) is 34.5 Å². The van der Waals surface area contributed by atoms with Crippen molar-refractivity contribution in [2.24, 2.45) is 0 Å². The topological polar surface area (TPSA) is 24.5 Å².